The number of anilines is 1. The zero-order valence-electron chi connectivity index (χ0n) is 13.6. The summed E-state index contributed by atoms with van der Waals surface area (Å²) in [5.41, 5.74) is 7.34. The molecule has 1 aliphatic heterocycles. The highest BCUT2D eigenvalue weighted by Crippen LogP contribution is 2.28. The van der Waals surface area contributed by atoms with Crippen molar-refractivity contribution in [3.05, 3.63) is 24.3 Å². The number of methoxy groups -OCH3 is 1. The Hall–Kier alpha value is -1.26. The van der Waals surface area contributed by atoms with Crippen molar-refractivity contribution in [2.24, 2.45) is 11.7 Å². The second-order valence-corrected chi connectivity index (χ2v) is 6.20. The normalized spacial score (nSPS) is 18.0. The first-order valence-electron chi connectivity index (χ1n) is 7.97. The van der Waals surface area contributed by atoms with Crippen molar-refractivity contribution in [1.82, 2.24) is 4.90 Å². The van der Waals surface area contributed by atoms with Crippen molar-refractivity contribution in [2.75, 3.05) is 44.7 Å². The number of hydrogen-bond acceptors (Lipinski definition) is 4. The summed E-state index contributed by atoms with van der Waals surface area (Å²) in [5, 5.41) is 0. The van der Waals surface area contributed by atoms with E-state index < -0.39 is 0 Å². The van der Waals surface area contributed by atoms with Gasteiger partial charge in [-0.2, -0.15) is 0 Å². The molecule has 0 radical (unpaired) electrons. The predicted octanol–water partition coefficient (Wildman–Crippen LogP) is 2.19. The lowest BCUT2D eigenvalue weighted by Gasteiger charge is -2.37. The Bertz CT molecular complexity index is 428. The van der Waals surface area contributed by atoms with Gasteiger partial charge in [-0.1, -0.05) is 26.0 Å². The van der Waals surface area contributed by atoms with E-state index in [1.54, 1.807) is 7.11 Å². The fourth-order valence-corrected chi connectivity index (χ4v) is 2.77. The summed E-state index contributed by atoms with van der Waals surface area (Å²) in [6.45, 7) is 9.81. The van der Waals surface area contributed by atoms with Gasteiger partial charge in [0, 0.05) is 32.2 Å². The molecular weight excluding hydrogens is 262 g/mol. The first-order chi connectivity index (χ1) is 10.1. The second kappa shape index (κ2) is 7.66. The molecule has 1 aromatic carbocycles. The predicted molar refractivity (Wildman–Crippen MR) is 89.1 cm³/mol. The van der Waals surface area contributed by atoms with Gasteiger partial charge in [0.05, 0.1) is 12.8 Å². The SMILES string of the molecule is COc1ccccc1N1CCN(CCC(N)C(C)C)CC1. The molecule has 2 N–H and O–H groups in total. The molecule has 0 saturated carbocycles. The van der Waals surface area contributed by atoms with E-state index in [1.807, 2.05) is 12.1 Å². The van der Waals surface area contributed by atoms with Crippen LogP contribution in [0.2, 0.25) is 0 Å². The maximum atomic E-state index is 6.14. The molecule has 0 aliphatic carbocycles. The van der Waals surface area contributed by atoms with Crippen LogP contribution in [0.25, 0.3) is 0 Å². The van der Waals surface area contributed by atoms with Gasteiger partial charge in [-0.05, 0) is 31.0 Å². The Kier molecular flexibility index (Phi) is 5.88. The van der Waals surface area contributed by atoms with E-state index >= 15 is 0 Å². The topological polar surface area (TPSA) is 41.7 Å². The van der Waals surface area contributed by atoms with Gasteiger partial charge in [-0.3, -0.25) is 4.90 Å². The highest BCUT2D eigenvalue weighted by molar-refractivity contribution is 5.58. The number of hydrogen-bond donors (Lipinski definition) is 1. The molecule has 1 fully saturated rings. The van der Waals surface area contributed by atoms with Gasteiger partial charge < -0.3 is 15.4 Å². The van der Waals surface area contributed by atoms with E-state index in [-0.39, 0.29) is 0 Å². The number of benzene rings is 1. The molecular formula is C17H29N3O. The third-order valence-electron chi connectivity index (χ3n) is 4.43. The Morgan fingerprint density at radius 1 is 1.14 bits per heavy atom. The van der Waals surface area contributed by atoms with Gasteiger partial charge in [0.25, 0.3) is 0 Å². The van der Waals surface area contributed by atoms with E-state index in [0.717, 1.165) is 44.9 Å². The summed E-state index contributed by atoms with van der Waals surface area (Å²) < 4.78 is 5.46. The molecule has 2 rings (SSSR count). The van der Waals surface area contributed by atoms with Crippen LogP contribution in [0.5, 0.6) is 5.75 Å². The summed E-state index contributed by atoms with van der Waals surface area (Å²) >= 11 is 0. The molecule has 1 atom stereocenters. The highest BCUT2D eigenvalue weighted by atomic mass is 16.5. The largest absolute Gasteiger partial charge is 0.495 e. The molecule has 4 nitrogen and oxygen atoms in total. The summed E-state index contributed by atoms with van der Waals surface area (Å²) in [5.74, 6) is 1.53. The lowest BCUT2D eigenvalue weighted by Crippen LogP contribution is -2.47. The van der Waals surface area contributed by atoms with Crippen LogP contribution in [-0.2, 0) is 0 Å². The number of piperazine rings is 1. The number of ether oxygens (including phenoxy) is 1. The molecule has 0 amide bonds. The standard InChI is InChI=1S/C17H29N3O/c1-14(2)15(18)8-9-19-10-12-20(13-11-19)16-6-4-5-7-17(16)21-3/h4-7,14-15H,8-13,18H2,1-3H3. The fourth-order valence-electron chi connectivity index (χ4n) is 2.77. The first kappa shape index (κ1) is 16.1. The molecule has 1 unspecified atom stereocenters. The molecule has 118 valence electrons. The molecule has 1 aromatic rings. The van der Waals surface area contributed by atoms with Crippen molar-refractivity contribution in [2.45, 2.75) is 26.3 Å². The van der Waals surface area contributed by atoms with Gasteiger partial charge in [-0.25, -0.2) is 0 Å². The first-order valence-corrected chi connectivity index (χ1v) is 7.97. The third kappa shape index (κ3) is 4.35. The molecule has 4 heteroatoms. The van der Waals surface area contributed by atoms with Crippen LogP contribution in [0.15, 0.2) is 24.3 Å². The van der Waals surface area contributed by atoms with Crippen molar-refractivity contribution < 1.29 is 4.74 Å². The van der Waals surface area contributed by atoms with Crippen molar-refractivity contribution in [3.63, 3.8) is 0 Å². The summed E-state index contributed by atoms with van der Waals surface area (Å²) in [6.07, 6.45) is 1.09. The van der Waals surface area contributed by atoms with E-state index in [1.165, 1.54) is 5.69 Å². The van der Waals surface area contributed by atoms with Crippen molar-refractivity contribution in [1.29, 1.82) is 0 Å². The van der Waals surface area contributed by atoms with Crippen molar-refractivity contribution in [3.8, 4) is 5.75 Å². The Morgan fingerprint density at radius 3 is 2.43 bits per heavy atom. The van der Waals surface area contributed by atoms with E-state index in [0.29, 0.717) is 12.0 Å². The highest BCUT2D eigenvalue weighted by Gasteiger charge is 2.20. The van der Waals surface area contributed by atoms with Gasteiger partial charge >= 0.3 is 0 Å². The molecule has 1 saturated heterocycles. The average molecular weight is 291 g/mol. The van der Waals surface area contributed by atoms with Crippen LogP contribution in [0.3, 0.4) is 0 Å². The number of nitrogens with zero attached hydrogens (tertiary/aromatic N) is 2. The second-order valence-electron chi connectivity index (χ2n) is 6.20. The monoisotopic (exact) mass is 291 g/mol. The van der Waals surface area contributed by atoms with Crippen LogP contribution < -0.4 is 15.4 Å². The van der Waals surface area contributed by atoms with Gasteiger partial charge in [-0.15, -0.1) is 0 Å². The minimum Gasteiger partial charge on any atom is -0.495 e. The lowest BCUT2D eigenvalue weighted by atomic mass is 10.0. The van der Waals surface area contributed by atoms with Crippen LogP contribution in [0.4, 0.5) is 5.69 Å². The van der Waals surface area contributed by atoms with E-state index in [4.69, 9.17) is 10.5 Å². The summed E-state index contributed by atoms with van der Waals surface area (Å²) in [6, 6.07) is 8.59. The molecule has 0 aromatic heterocycles. The van der Waals surface area contributed by atoms with E-state index in [2.05, 4.69) is 35.8 Å². The molecule has 0 spiro atoms. The molecule has 1 heterocycles. The minimum atomic E-state index is 0.317. The van der Waals surface area contributed by atoms with Gasteiger partial charge in [0.1, 0.15) is 5.75 Å². The Balaban J connectivity index is 1.83. The third-order valence-corrected chi connectivity index (χ3v) is 4.43. The van der Waals surface area contributed by atoms with Crippen LogP contribution >= 0.6 is 0 Å². The number of nitrogens with two attached hydrogens (primary N) is 1. The molecule has 1 aliphatic rings. The summed E-state index contributed by atoms with van der Waals surface area (Å²) in [7, 11) is 1.74. The summed E-state index contributed by atoms with van der Waals surface area (Å²) in [4.78, 5) is 4.94. The minimum absolute atomic E-state index is 0.317. The van der Waals surface area contributed by atoms with Crippen molar-refractivity contribution >= 4 is 5.69 Å². The van der Waals surface area contributed by atoms with Crippen LogP contribution in [0.1, 0.15) is 20.3 Å². The number of rotatable bonds is 6. The fraction of sp³-hybridized carbons (Fsp3) is 0.647. The van der Waals surface area contributed by atoms with E-state index in [9.17, 15) is 0 Å². The molecule has 0 bridgehead atoms. The zero-order valence-corrected chi connectivity index (χ0v) is 13.6. The number of para-hydroxylation sites is 2. The Morgan fingerprint density at radius 2 is 1.81 bits per heavy atom. The quantitative estimate of drug-likeness (QED) is 0.872. The zero-order chi connectivity index (χ0) is 15.2. The van der Waals surface area contributed by atoms with Crippen LogP contribution in [-0.4, -0.2) is 50.8 Å². The average Bonchev–Trinajstić information content (AvgIpc) is 2.53. The van der Waals surface area contributed by atoms with Crippen LogP contribution in [0, 0.1) is 5.92 Å². The Labute approximate surface area is 128 Å². The maximum absolute atomic E-state index is 6.14. The maximum Gasteiger partial charge on any atom is 0.142 e. The lowest BCUT2D eigenvalue weighted by molar-refractivity contribution is 0.240. The van der Waals surface area contributed by atoms with Gasteiger partial charge in [0.2, 0.25) is 0 Å². The molecule has 21 heavy (non-hydrogen) atoms. The smallest absolute Gasteiger partial charge is 0.142 e. The van der Waals surface area contributed by atoms with Gasteiger partial charge in [0.15, 0.2) is 0 Å².